The van der Waals surface area contributed by atoms with Crippen molar-refractivity contribution >= 4 is 29.1 Å². The second kappa shape index (κ2) is 11.4. The fraction of sp³-hybridized carbons (Fsp3) is 0.292. The highest BCUT2D eigenvalue weighted by Crippen LogP contribution is 2.28. The molecule has 0 saturated carbocycles. The van der Waals surface area contributed by atoms with Crippen LogP contribution in [-0.4, -0.2) is 82.7 Å². The zero-order chi connectivity index (χ0) is 27.3. The number of ether oxygens (including phenoxy) is 1. The average Bonchev–Trinajstić information content (AvgIpc) is 2.85. The van der Waals surface area contributed by atoms with Gasteiger partial charge in [0.25, 0.3) is 5.91 Å². The third-order valence-electron chi connectivity index (χ3n) is 5.68. The first-order chi connectivity index (χ1) is 18.1. The molecule has 0 atom stereocenters. The number of anilines is 3. The SMILES string of the molecule is CN1CCN(CC(=O)Nc2cc(OC(F)(F)F)ccc2C(=O)Nc2cnc(-c3ccnc(N)c3)cn2)CC1. The zero-order valence-electron chi connectivity index (χ0n) is 20.3. The van der Waals surface area contributed by atoms with Crippen molar-refractivity contribution < 1.29 is 27.5 Å². The van der Waals surface area contributed by atoms with Gasteiger partial charge in [0.2, 0.25) is 5.91 Å². The highest BCUT2D eigenvalue weighted by atomic mass is 19.4. The lowest BCUT2D eigenvalue weighted by molar-refractivity contribution is -0.274. The number of hydrogen-bond donors (Lipinski definition) is 3. The molecule has 14 heteroatoms. The summed E-state index contributed by atoms with van der Waals surface area (Å²) in [6.07, 6.45) is -0.685. The fourth-order valence-corrected chi connectivity index (χ4v) is 3.75. The Morgan fingerprint density at radius 1 is 1.03 bits per heavy atom. The van der Waals surface area contributed by atoms with Gasteiger partial charge in [0.1, 0.15) is 11.6 Å². The predicted octanol–water partition coefficient (Wildman–Crippen LogP) is 2.46. The maximum absolute atomic E-state index is 13.0. The molecule has 3 aromatic rings. The number of nitrogen functional groups attached to an aromatic ring is 1. The van der Waals surface area contributed by atoms with Gasteiger partial charge < -0.3 is 26.0 Å². The van der Waals surface area contributed by atoms with Crippen molar-refractivity contribution in [2.24, 2.45) is 0 Å². The second-order valence-electron chi connectivity index (χ2n) is 8.59. The summed E-state index contributed by atoms with van der Waals surface area (Å²) in [6, 6.07) is 6.38. The molecule has 11 nitrogen and oxygen atoms in total. The fourth-order valence-electron chi connectivity index (χ4n) is 3.75. The first-order valence-corrected chi connectivity index (χ1v) is 11.5. The molecule has 0 spiro atoms. The van der Waals surface area contributed by atoms with E-state index in [4.69, 9.17) is 5.73 Å². The topological polar surface area (TPSA) is 139 Å². The van der Waals surface area contributed by atoms with Crippen molar-refractivity contribution in [3.8, 4) is 17.0 Å². The largest absolute Gasteiger partial charge is 0.573 e. The maximum Gasteiger partial charge on any atom is 0.573 e. The third-order valence-corrected chi connectivity index (χ3v) is 5.68. The molecule has 1 saturated heterocycles. The van der Waals surface area contributed by atoms with Crippen LogP contribution in [0.15, 0.2) is 48.9 Å². The average molecular weight is 531 g/mol. The van der Waals surface area contributed by atoms with Crippen LogP contribution in [0.25, 0.3) is 11.3 Å². The number of nitrogens with one attached hydrogen (secondary N) is 2. The highest BCUT2D eigenvalue weighted by Gasteiger charge is 2.31. The molecule has 1 aromatic carbocycles. The van der Waals surface area contributed by atoms with Crippen LogP contribution in [0.5, 0.6) is 5.75 Å². The molecule has 38 heavy (non-hydrogen) atoms. The van der Waals surface area contributed by atoms with E-state index in [1.165, 1.54) is 18.6 Å². The van der Waals surface area contributed by atoms with Gasteiger partial charge in [-0.15, -0.1) is 13.2 Å². The van der Waals surface area contributed by atoms with Gasteiger partial charge in [-0.25, -0.2) is 9.97 Å². The number of nitrogens with two attached hydrogens (primary N) is 1. The van der Waals surface area contributed by atoms with Crippen molar-refractivity contribution in [1.82, 2.24) is 24.8 Å². The minimum absolute atomic E-state index is 0.0196. The van der Waals surface area contributed by atoms with E-state index in [-0.39, 0.29) is 23.6 Å². The first-order valence-electron chi connectivity index (χ1n) is 11.5. The number of alkyl halides is 3. The van der Waals surface area contributed by atoms with Gasteiger partial charge in [-0.05, 0) is 31.3 Å². The molecule has 1 aliphatic rings. The number of piperazine rings is 1. The molecule has 0 bridgehead atoms. The van der Waals surface area contributed by atoms with E-state index in [0.29, 0.717) is 30.2 Å². The number of carbonyl (C=O) groups excluding carboxylic acids is 2. The van der Waals surface area contributed by atoms with E-state index < -0.39 is 23.9 Å². The van der Waals surface area contributed by atoms with E-state index in [1.54, 1.807) is 12.1 Å². The Morgan fingerprint density at radius 3 is 2.45 bits per heavy atom. The number of likely N-dealkylation sites (N-methyl/N-ethyl adjacent to an activating group) is 1. The van der Waals surface area contributed by atoms with Crippen LogP contribution in [-0.2, 0) is 4.79 Å². The van der Waals surface area contributed by atoms with E-state index in [2.05, 4.69) is 35.2 Å². The number of benzene rings is 1. The quantitative estimate of drug-likeness (QED) is 0.420. The van der Waals surface area contributed by atoms with E-state index >= 15 is 0 Å². The summed E-state index contributed by atoms with van der Waals surface area (Å²) in [5.41, 5.74) is 6.63. The monoisotopic (exact) mass is 530 g/mol. The van der Waals surface area contributed by atoms with Gasteiger partial charge in [-0.1, -0.05) is 0 Å². The molecule has 1 fully saturated rings. The lowest BCUT2D eigenvalue weighted by Crippen LogP contribution is -2.47. The molecule has 0 radical (unpaired) electrons. The molecule has 4 N–H and O–H groups in total. The molecular formula is C24H25F3N8O3. The first kappa shape index (κ1) is 26.8. The number of halogens is 3. The van der Waals surface area contributed by atoms with Crippen LogP contribution in [0.3, 0.4) is 0 Å². The Balaban J connectivity index is 1.50. The van der Waals surface area contributed by atoms with Crippen molar-refractivity contribution in [2.45, 2.75) is 6.36 Å². The summed E-state index contributed by atoms with van der Waals surface area (Å²) in [7, 11) is 1.97. The number of hydrogen-bond acceptors (Lipinski definition) is 9. The third kappa shape index (κ3) is 7.36. The number of carbonyl (C=O) groups is 2. The van der Waals surface area contributed by atoms with Gasteiger partial charge in [0.05, 0.1) is 35.9 Å². The van der Waals surface area contributed by atoms with Crippen LogP contribution in [0.2, 0.25) is 0 Å². The van der Waals surface area contributed by atoms with Crippen LogP contribution in [0, 0.1) is 0 Å². The van der Waals surface area contributed by atoms with Gasteiger partial charge in [-0.2, -0.15) is 0 Å². The minimum Gasteiger partial charge on any atom is -0.406 e. The van der Waals surface area contributed by atoms with Crippen LogP contribution >= 0.6 is 0 Å². The smallest absolute Gasteiger partial charge is 0.406 e. The maximum atomic E-state index is 13.0. The van der Waals surface area contributed by atoms with E-state index in [9.17, 15) is 22.8 Å². The van der Waals surface area contributed by atoms with Crippen molar-refractivity contribution in [1.29, 1.82) is 0 Å². The van der Waals surface area contributed by atoms with E-state index in [1.807, 2.05) is 11.9 Å². The molecular weight excluding hydrogens is 505 g/mol. The highest BCUT2D eigenvalue weighted by molar-refractivity contribution is 6.10. The number of nitrogens with zero attached hydrogens (tertiary/aromatic N) is 5. The number of pyridine rings is 1. The standard InChI is InChI=1S/C24H25F3N8O3/c1-34-6-8-35(9-7-34)14-22(36)32-18-11-16(38-24(25,26)27)2-3-17(18)23(37)33-21-13-30-19(12-31-21)15-4-5-29-20(28)10-15/h2-5,10-13H,6-9,14H2,1H3,(H2,28,29)(H,32,36)(H,31,33,37). The minimum atomic E-state index is -4.94. The number of amides is 2. The van der Waals surface area contributed by atoms with Crippen molar-refractivity contribution in [3.05, 3.63) is 54.5 Å². The molecule has 0 unspecified atom stereocenters. The predicted molar refractivity (Wildman–Crippen MR) is 133 cm³/mol. The summed E-state index contributed by atoms with van der Waals surface area (Å²) < 4.78 is 42.3. The second-order valence-corrected chi connectivity index (χ2v) is 8.59. The summed E-state index contributed by atoms with van der Waals surface area (Å²) in [6.45, 7) is 2.91. The van der Waals surface area contributed by atoms with Gasteiger partial charge in [0.15, 0.2) is 5.82 Å². The Hall–Kier alpha value is -4.30. The lowest BCUT2D eigenvalue weighted by atomic mass is 10.1. The van der Waals surface area contributed by atoms with Gasteiger partial charge in [-0.3, -0.25) is 19.5 Å². The Labute approximate surface area is 215 Å². The van der Waals surface area contributed by atoms with Crippen LogP contribution < -0.4 is 21.1 Å². The van der Waals surface area contributed by atoms with Crippen molar-refractivity contribution in [3.63, 3.8) is 0 Å². The van der Waals surface area contributed by atoms with Crippen LogP contribution in [0.4, 0.5) is 30.5 Å². The summed E-state index contributed by atoms with van der Waals surface area (Å²) >= 11 is 0. The zero-order valence-corrected chi connectivity index (χ0v) is 20.3. The normalized spacial score (nSPS) is 14.6. The Morgan fingerprint density at radius 2 is 1.79 bits per heavy atom. The number of rotatable bonds is 7. The molecule has 2 aromatic heterocycles. The Kier molecular flexibility index (Phi) is 8.02. The molecule has 4 rings (SSSR count). The Bertz CT molecular complexity index is 1300. The molecule has 0 aliphatic carbocycles. The molecule has 2 amide bonds. The number of aromatic nitrogens is 3. The molecule has 3 heterocycles. The molecule has 200 valence electrons. The van der Waals surface area contributed by atoms with Gasteiger partial charge >= 0.3 is 6.36 Å². The summed E-state index contributed by atoms with van der Waals surface area (Å²) in [5, 5.41) is 5.08. The van der Waals surface area contributed by atoms with Crippen LogP contribution in [0.1, 0.15) is 10.4 Å². The van der Waals surface area contributed by atoms with Gasteiger partial charge in [0, 0.05) is 44.0 Å². The summed E-state index contributed by atoms with van der Waals surface area (Å²) in [4.78, 5) is 42.1. The lowest BCUT2D eigenvalue weighted by Gasteiger charge is -2.31. The summed E-state index contributed by atoms with van der Waals surface area (Å²) in [5.74, 6) is -1.38. The molecule has 1 aliphatic heterocycles. The van der Waals surface area contributed by atoms with E-state index in [0.717, 1.165) is 31.3 Å². The van der Waals surface area contributed by atoms with Crippen molar-refractivity contribution in [2.75, 3.05) is 56.1 Å².